The molecule has 1 aliphatic rings. The van der Waals surface area contributed by atoms with Crippen LogP contribution >= 0.6 is 0 Å². The molecule has 1 aliphatic carbocycles. The van der Waals surface area contributed by atoms with Crippen LogP contribution in [0, 0.1) is 17.3 Å². The predicted octanol–water partition coefficient (Wildman–Crippen LogP) is 0.737. The second-order valence-electron chi connectivity index (χ2n) is 5.56. The Morgan fingerprint density at radius 3 is 2.40 bits per heavy atom. The van der Waals surface area contributed by atoms with Crippen LogP contribution in [-0.2, 0) is 0 Å². The number of hydrogen-bond donors (Lipinski definition) is 4. The van der Waals surface area contributed by atoms with Gasteiger partial charge in [0.2, 0.25) is 0 Å². The highest BCUT2D eigenvalue weighted by atomic mass is 16.2. The molecule has 0 radical (unpaired) electrons. The number of nitrogens with one attached hydrogen (secondary N) is 2. The van der Waals surface area contributed by atoms with Gasteiger partial charge in [0.1, 0.15) is 0 Å². The Kier molecular flexibility index (Phi) is 5.06. The molecule has 1 saturated carbocycles. The van der Waals surface area contributed by atoms with Crippen molar-refractivity contribution in [2.75, 3.05) is 0 Å². The van der Waals surface area contributed by atoms with Crippen LogP contribution in [0.2, 0.25) is 0 Å². The second kappa shape index (κ2) is 6.36. The third-order valence-corrected chi connectivity index (χ3v) is 3.97. The smallest absolute Gasteiger partial charge is 0.332 e. The van der Waals surface area contributed by atoms with Crippen molar-refractivity contribution < 1.29 is 9.59 Å². The Labute approximate surface area is 118 Å². The van der Waals surface area contributed by atoms with Crippen LogP contribution in [0.5, 0.6) is 0 Å². The van der Waals surface area contributed by atoms with E-state index in [0.29, 0.717) is 5.92 Å². The summed E-state index contributed by atoms with van der Waals surface area (Å²) >= 11 is 0. The summed E-state index contributed by atoms with van der Waals surface area (Å²) in [7, 11) is 0. The van der Waals surface area contributed by atoms with E-state index in [4.69, 9.17) is 11.5 Å². The molecule has 0 aromatic heterocycles. The Morgan fingerprint density at radius 2 is 1.90 bits per heavy atom. The van der Waals surface area contributed by atoms with E-state index < -0.39 is 12.1 Å². The Hall–Kier alpha value is -2.12. The second-order valence-corrected chi connectivity index (χ2v) is 5.56. The van der Waals surface area contributed by atoms with Crippen molar-refractivity contribution in [3.63, 3.8) is 0 Å². The standard InChI is InChI=1S/C12H22N6O2/c1-7(16-18-11(14)20)9-6-8(12(9,2)3)4-5-15-17-10(13)19/h5,8-9H,4,6H2,1-3H3,(H3,13,17,19)(H3,14,18,20). The van der Waals surface area contributed by atoms with Crippen LogP contribution in [-0.4, -0.2) is 24.0 Å². The third kappa shape index (κ3) is 3.94. The van der Waals surface area contributed by atoms with Gasteiger partial charge in [-0.05, 0) is 31.1 Å². The van der Waals surface area contributed by atoms with E-state index in [-0.39, 0.29) is 11.3 Å². The zero-order chi connectivity index (χ0) is 15.3. The Bertz CT molecular complexity index is 443. The monoisotopic (exact) mass is 282 g/mol. The van der Waals surface area contributed by atoms with E-state index in [1.165, 1.54) is 0 Å². The van der Waals surface area contributed by atoms with Crippen molar-refractivity contribution in [2.45, 2.75) is 33.6 Å². The molecule has 0 aliphatic heterocycles. The van der Waals surface area contributed by atoms with Gasteiger partial charge in [0, 0.05) is 17.8 Å². The first-order valence-corrected chi connectivity index (χ1v) is 6.41. The number of rotatable bonds is 5. The predicted molar refractivity (Wildman–Crippen MR) is 77.0 cm³/mol. The summed E-state index contributed by atoms with van der Waals surface area (Å²) in [5, 5.41) is 7.71. The number of hydrogen-bond acceptors (Lipinski definition) is 4. The molecule has 1 rings (SSSR count). The maximum absolute atomic E-state index is 10.6. The molecule has 20 heavy (non-hydrogen) atoms. The van der Waals surface area contributed by atoms with E-state index in [9.17, 15) is 9.59 Å². The first-order valence-electron chi connectivity index (χ1n) is 6.41. The number of carbonyl (C=O) groups is 2. The lowest BCUT2D eigenvalue weighted by Gasteiger charge is -2.52. The summed E-state index contributed by atoms with van der Waals surface area (Å²) in [6.45, 7) is 6.16. The fourth-order valence-corrected chi connectivity index (χ4v) is 2.64. The summed E-state index contributed by atoms with van der Waals surface area (Å²) in [4.78, 5) is 21.1. The van der Waals surface area contributed by atoms with Crippen molar-refractivity contribution in [1.82, 2.24) is 10.9 Å². The molecule has 0 spiro atoms. The maximum Gasteiger partial charge on any atom is 0.332 e. The third-order valence-electron chi connectivity index (χ3n) is 3.97. The van der Waals surface area contributed by atoms with Gasteiger partial charge in [-0.15, -0.1) is 0 Å². The summed E-state index contributed by atoms with van der Waals surface area (Å²) in [5.41, 5.74) is 15.2. The lowest BCUT2D eigenvalue weighted by atomic mass is 9.52. The number of carbonyl (C=O) groups excluding carboxylic acids is 2. The van der Waals surface area contributed by atoms with Gasteiger partial charge in [0.05, 0.1) is 0 Å². The molecule has 1 fully saturated rings. The van der Waals surface area contributed by atoms with Gasteiger partial charge < -0.3 is 11.5 Å². The van der Waals surface area contributed by atoms with Crippen LogP contribution in [0.4, 0.5) is 9.59 Å². The van der Waals surface area contributed by atoms with Crippen LogP contribution in [0.3, 0.4) is 0 Å². The minimum absolute atomic E-state index is 0.0473. The molecule has 0 bridgehead atoms. The minimum Gasteiger partial charge on any atom is -0.350 e. The zero-order valence-electron chi connectivity index (χ0n) is 12.0. The fraction of sp³-hybridized carbons (Fsp3) is 0.667. The van der Waals surface area contributed by atoms with Gasteiger partial charge >= 0.3 is 12.1 Å². The number of hydrazone groups is 2. The number of primary amides is 2. The minimum atomic E-state index is -0.674. The molecule has 6 N–H and O–H groups in total. The quantitative estimate of drug-likeness (QED) is 0.437. The van der Waals surface area contributed by atoms with Gasteiger partial charge in [0.15, 0.2) is 0 Å². The Balaban J connectivity index is 2.50. The molecular weight excluding hydrogens is 260 g/mol. The average Bonchev–Trinajstić information content (AvgIpc) is 2.33. The number of nitrogens with two attached hydrogens (primary N) is 2. The highest BCUT2D eigenvalue weighted by Gasteiger charge is 2.48. The van der Waals surface area contributed by atoms with E-state index >= 15 is 0 Å². The summed E-state index contributed by atoms with van der Waals surface area (Å²) < 4.78 is 0. The number of amides is 4. The van der Waals surface area contributed by atoms with Crippen LogP contribution in [0.15, 0.2) is 10.2 Å². The molecule has 4 amide bonds. The molecule has 0 aromatic carbocycles. The lowest BCUT2D eigenvalue weighted by molar-refractivity contribution is 0.0303. The Morgan fingerprint density at radius 1 is 1.30 bits per heavy atom. The summed E-state index contributed by atoms with van der Waals surface area (Å²) in [6, 6.07) is -1.34. The zero-order valence-corrected chi connectivity index (χ0v) is 12.0. The van der Waals surface area contributed by atoms with Crippen LogP contribution < -0.4 is 22.3 Å². The highest BCUT2D eigenvalue weighted by Crippen LogP contribution is 2.53. The summed E-state index contributed by atoms with van der Waals surface area (Å²) in [6.07, 6.45) is 3.35. The molecule has 8 heteroatoms. The van der Waals surface area contributed by atoms with E-state index in [1.54, 1.807) is 6.21 Å². The van der Waals surface area contributed by atoms with Crippen molar-refractivity contribution in [1.29, 1.82) is 0 Å². The van der Waals surface area contributed by atoms with Crippen molar-refractivity contribution >= 4 is 24.0 Å². The van der Waals surface area contributed by atoms with E-state index in [0.717, 1.165) is 18.6 Å². The first-order chi connectivity index (χ1) is 9.25. The highest BCUT2D eigenvalue weighted by molar-refractivity contribution is 5.87. The van der Waals surface area contributed by atoms with Crippen molar-refractivity contribution in [3.8, 4) is 0 Å². The van der Waals surface area contributed by atoms with Crippen LogP contribution in [0.25, 0.3) is 0 Å². The molecule has 0 heterocycles. The number of nitrogens with zero attached hydrogens (tertiary/aromatic N) is 2. The first kappa shape index (κ1) is 15.9. The van der Waals surface area contributed by atoms with Gasteiger partial charge in [-0.1, -0.05) is 13.8 Å². The van der Waals surface area contributed by atoms with E-state index in [1.807, 2.05) is 6.92 Å². The van der Waals surface area contributed by atoms with Crippen molar-refractivity contribution in [2.24, 2.45) is 38.9 Å². The SMILES string of the molecule is CC(=NNC(N)=O)C1CC(CC=NNC(N)=O)C1(C)C. The maximum atomic E-state index is 10.6. The lowest BCUT2D eigenvalue weighted by Crippen LogP contribution is -2.48. The molecule has 0 saturated heterocycles. The fourth-order valence-electron chi connectivity index (χ4n) is 2.64. The topological polar surface area (TPSA) is 135 Å². The molecule has 2 unspecified atom stereocenters. The average molecular weight is 282 g/mol. The molecule has 112 valence electrons. The van der Waals surface area contributed by atoms with Gasteiger partial charge in [0.25, 0.3) is 0 Å². The summed E-state index contributed by atoms with van der Waals surface area (Å²) in [5.74, 6) is 0.724. The largest absolute Gasteiger partial charge is 0.350 e. The molecular formula is C12H22N6O2. The molecule has 0 aromatic rings. The molecule has 2 atom stereocenters. The number of urea groups is 2. The van der Waals surface area contributed by atoms with E-state index in [2.05, 4.69) is 34.9 Å². The van der Waals surface area contributed by atoms with Gasteiger partial charge in [-0.3, -0.25) is 0 Å². The van der Waals surface area contributed by atoms with Gasteiger partial charge in [-0.2, -0.15) is 10.2 Å². The van der Waals surface area contributed by atoms with Crippen LogP contribution in [0.1, 0.15) is 33.6 Å². The normalized spacial score (nSPS) is 25.1. The van der Waals surface area contributed by atoms with Crippen molar-refractivity contribution in [3.05, 3.63) is 0 Å². The van der Waals surface area contributed by atoms with Gasteiger partial charge in [-0.25, -0.2) is 20.4 Å². The molecule has 8 nitrogen and oxygen atoms in total.